The van der Waals surface area contributed by atoms with E-state index >= 15 is 0 Å². The van der Waals surface area contributed by atoms with Crippen LogP contribution in [0.4, 0.5) is 10.1 Å². The second-order valence-electron chi connectivity index (χ2n) is 5.06. The van der Waals surface area contributed by atoms with Crippen molar-refractivity contribution in [3.63, 3.8) is 0 Å². The number of halogens is 2. The summed E-state index contributed by atoms with van der Waals surface area (Å²) in [6, 6.07) is 12.2. The topological polar surface area (TPSA) is 41.6 Å². The van der Waals surface area contributed by atoms with Crippen molar-refractivity contribution in [2.24, 2.45) is 10.7 Å². The van der Waals surface area contributed by atoms with Crippen molar-refractivity contribution in [1.82, 2.24) is 0 Å². The largest absolute Gasteiger partial charge is 0.369 e. The molecule has 1 unspecified atom stereocenters. The molecule has 3 nitrogen and oxygen atoms in total. The molecule has 0 radical (unpaired) electrons. The number of hydrogen-bond donors (Lipinski definition) is 1. The van der Waals surface area contributed by atoms with Crippen molar-refractivity contribution in [3.05, 3.63) is 64.4 Å². The molecule has 0 aromatic heterocycles. The van der Waals surface area contributed by atoms with Gasteiger partial charge in [0.05, 0.1) is 12.6 Å². The fourth-order valence-electron chi connectivity index (χ4n) is 2.64. The summed E-state index contributed by atoms with van der Waals surface area (Å²) in [7, 11) is 0. The maximum Gasteiger partial charge on any atom is 0.196 e. The van der Waals surface area contributed by atoms with E-state index in [-0.39, 0.29) is 11.9 Å². The number of aliphatic imine (C=N–C) groups is 1. The van der Waals surface area contributed by atoms with Crippen LogP contribution >= 0.6 is 11.6 Å². The number of anilines is 1. The first-order valence-corrected chi connectivity index (χ1v) is 7.05. The maximum atomic E-state index is 14.2. The fraction of sp³-hybridized carbons (Fsp3) is 0.188. The summed E-state index contributed by atoms with van der Waals surface area (Å²) in [6.45, 7) is 2.39. The Balaban J connectivity index is 2.07. The minimum atomic E-state index is -0.338. The van der Waals surface area contributed by atoms with E-state index in [0.717, 1.165) is 11.3 Å². The minimum Gasteiger partial charge on any atom is -0.369 e. The van der Waals surface area contributed by atoms with Crippen molar-refractivity contribution in [2.75, 3.05) is 11.4 Å². The fourth-order valence-corrected chi connectivity index (χ4v) is 2.93. The molecule has 0 saturated heterocycles. The standard InChI is InChI=1S/C16H15ClFN3/c1-10-4-2-5-11(8-10)21-14(9-20-16(21)19)15-12(17)6-3-7-13(15)18/h2-8,14H,9H2,1H3,(H2,19,20). The van der Waals surface area contributed by atoms with Crippen LogP contribution in [0, 0.1) is 12.7 Å². The van der Waals surface area contributed by atoms with E-state index in [0.29, 0.717) is 23.1 Å². The smallest absolute Gasteiger partial charge is 0.196 e. The highest BCUT2D eigenvalue weighted by Gasteiger charge is 2.32. The predicted molar refractivity (Wildman–Crippen MR) is 84.3 cm³/mol. The second-order valence-corrected chi connectivity index (χ2v) is 5.47. The zero-order valence-electron chi connectivity index (χ0n) is 11.6. The lowest BCUT2D eigenvalue weighted by Gasteiger charge is -2.27. The molecular formula is C16H15ClFN3. The lowest BCUT2D eigenvalue weighted by atomic mass is 10.0. The van der Waals surface area contributed by atoms with Crippen LogP contribution in [0.25, 0.3) is 0 Å². The van der Waals surface area contributed by atoms with Crippen molar-refractivity contribution >= 4 is 23.2 Å². The summed E-state index contributed by atoms with van der Waals surface area (Å²) in [5.74, 6) is 0.0416. The van der Waals surface area contributed by atoms with Crippen LogP contribution < -0.4 is 10.6 Å². The Morgan fingerprint density at radius 2 is 2.05 bits per heavy atom. The van der Waals surface area contributed by atoms with Gasteiger partial charge in [0.2, 0.25) is 0 Å². The van der Waals surface area contributed by atoms with Gasteiger partial charge in [0.15, 0.2) is 5.96 Å². The van der Waals surface area contributed by atoms with Gasteiger partial charge >= 0.3 is 0 Å². The molecule has 108 valence electrons. The number of benzene rings is 2. The molecule has 2 N–H and O–H groups in total. The van der Waals surface area contributed by atoms with E-state index in [4.69, 9.17) is 17.3 Å². The lowest BCUT2D eigenvalue weighted by molar-refractivity contribution is 0.590. The third-order valence-electron chi connectivity index (χ3n) is 3.60. The first-order valence-electron chi connectivity index (χ1n) is 6.67. The Hall–Kier alpha value is -2.07. The van der Waals surface area contributed by atoms with Crippen LogP contribution in [0.2, 0.25) is 5.02 Å². The summed E-state index contributed by atoms with van der Waals surface area (Å²) in [4.78, 5) is 6.09. The van der Waals surface area contributed by atoms with Crippen molar-refractivity contribution in [2.45, 2.75) is 13.0 Å². The van der Waals surface area contributed by atoms with Crippen molar-refractivity contribution in [3.8, 4) is 0 Å². The molecule has 0 amide bonds. The first-order chi connectivity index (χ1) is 10.1. The molecule has 1 aliphatic rings. The highest BCUT2D eigenvalue weighted by atomic mass is 35.5. The summed E-state index contributed by atoms with van der Waals surface area (Å²) in [5.41, 5.74) is 8.42. The van der Waals surface area contributed by atoms with Crippen LogP contribution in [-0.4, -0.2) is 12.5 Å². The normalized spacial score (nSPS) is 18.0. The Kier molecular flexibility index (Phi) is 3.55. The number of nitrogens with zero attached hydrogens (tertiary/aromatic N) is 2. The molecule has 21 heavy (non-hydrogen) atoms. The third kappa shape index (κ3) is 2.47. The van der Waals surface area contributed by atoms with E-state index in [2.05, 4.69) is 4.99 Å². The van der Waals surface area contributed by atoms with Crippen molar-refractivity contribution < 1.29 is 4.39 Å². The number of aryl methyl sites for hydroxylation is 1. The zero-order chi connectivity index (χ0) is 15.0. The zero-order valence-corrected chi connectivity index (χ0v) is 12.3. The molecule has 2 aromatic carbocycles. The van der Waals surface area contributed by atoms with Gasteiger partial charge in [-0.3, -0.25) is 4.99 Å². The van der Waals surface area contributed by atoms with Gasteiger partial charge in [0.1, 0.15) is 5.82 Å². The van der Waals surface area contributed by atoms with Gasteiger partial charge in [-0.05, 0) is 36.8 Å². The lowest BCUT2D eigenvalue weighted by Crippen LogP contribution is -2.36. The summed E-state index contributed by atoms with van der Waals surface area (Å²) >= 11 is 6.18. The number of nitrogens with two attached hydrogens (primary N) is 1. The van der Waals surface area contributed by atoms with Gasteiger partial charge in [-0.1, -0.05) is 29.8 Å². The summed E-state index contributed by atoms with van der Waals surface area (Å²) in [6.07, 6.45) is 0. The first kappa shape index (κ1) is 13.9. The molecule has 0 fully saturated rings. The van der Waals surface area contributed by atoms with Crippen LogP contribution in [0.3, 0.4) is 0 Å². The summed E-state index contributed by atoms with van der Waals surface area (Å²) < 4.78 is 14.2. The third-order valence-corrected chi connectivity index (χ3v) is 3.93. The van der Waals surface area contributed by atoms with Crippen LogP contribution in [0.1, 0.15) is 17.2 Å². The van der Waals surface area contributed by atoms with E-state index < -0.39 is 0 Å². The number of guanidine groups is 1. The maximum absolute atomic E-state index is 14.2. The molecule has 2 aromatic rings. The van der Waals surface area contributed by atoms with Crippen LogP contribution in [0.5, 0.6) is 0 Å². The monoisotopic (exact) mass is 303 g/mol. The van der Waals surface area contributed by atoms with E-state index in [9.17, 15) is 4.39 Å². The Labute approximate surface area is 127 Å². The molecule has 5 heteroatoms. The van der Waals surface area contributed by atoms with Gasteiger partial charge in [0.25, 0.3) is 0 Å². The van der Waals surface area contributed by atoms with E-state index in [1.807, 2.05) is 36.1 Å². The van der Waals surface area contributed by atoms with Gasteiger partial charge < -0.3 is 10.6 Å². The Morgan fingerprint density at radius 1 is 1.29 bits per heavy atom. The highest BCUT2D eigenvalue weighted by molar-refractivity contribution is 6.31. The number of rotatable bonds is 2. The van der Waals surface area contributed by atoms with E-state index in [1.165, 1.54) is 6.07 Å². The average Bonchev–Trinajstić information content (AvgIpc) is 2.80. The Morgan fingerprint density at radius 3 is 2.76 bits per heavy atom. The van der Waals surface area contributed by atoms with Crippen molar-refractivity contribution in [1.29, 1.82) is 0 Å². The van der Waals surface area contributed by atoms with Gasteiger partial charge in [-0.2, -0.15) is 0 Å². The molecular weight excluding hydrogens is 289 g/mol. The quantitative estimate of drug-likeness (QED) is 0.920. The molecule has 1 atom stereocenters. The summed E-state index contributed by atoms with van der Waals surface area (Å²) in [5, 5.41) is 0.391. The minimum absolute atomic E-state index is 0.319. The molecule has 0 saturated carbocycles. The SMILES string of the molecule is Cc1cccc(N2C(N)=NCC2c2c(F)cccc2Cl)c1. The van der Waals surface area contributed by atoms with Gasteiger partial charge in [0, 0.05) is 16.3 Å². The molecule has 1 heterocycles. The van der Waals surface area contributed by atoms with E-state index in [1.54, 1.807) is 12.1 Å². The molecule has 1 aliphatic heterocycles. The molecule has 0 aliphatic carbocycles. The Bertz CT molecular complexity index is 694. The molecule has 0 bridgehead atoms. The molecule has 3 rings (SSSR count). The van der Waals surface area contributed by atoms with Gasteiger partial charge in [-0.25, -0.2) is 4.39 Å². The van der Waals surface area contributed by atoms with Crippen LogP contribution in [0.15, 0.2) is 47.5 Å². The van der Waals surface area contributed by atoms with Gasteiger partial charge in [-0.15, -0.1) is 0 Å². The van der Waals surface area contributed by atoms with Crippen LogP contribution in [-0.2, 0) is 0 Å². The molecule has 0 spiro atoms. The predicted octanol–water partition coefficient (Wildman–Crippen LogP) is 3.66. The highest BCUT2D eigenvalue weighted by Crippen LogP contribution is 2.36. The number of hydrogen-bond acceptors (Lipinski definition) is 3. The second kappa shape index (κ2) is 5.37. The average molecular weight is 304 g/mol.